The zero-order valence-corrected chi connectivity index (χ0v) is 23.7. The molecule has 41 heavy (non-hydrogen) atoms. The monoisotopic (exact) mass is 562 g/mol. The highest BCUT2D eigenvalue weighted by atomic mass is 16.5. The Balaban J connectivity index is 0.997. The van der Waals surface area contributed by atoms with Crippen LogP contribution >= 0.6 is 0 Å². The zero-order chi connectivity index (χ0) is 28.0. The molecule has 3 atom stereocenters. The molecule has 1 aliphatic carbocycles. The Bertz CT molecular complexity index is 1170. The van der Waals surface area contributed by atoms with Crippen LogP contribution in [0, 0.1) is 0 Å². The SMILES string of the molecule is O=C(NC1Cc2ccccc2C1)c1nccnc1NC(=O)N1CCN(C(CCC2CN2)COCC2CCCN2)CC1. The first kappa shape index (κ1) is 28.0. The summed E-state index contributed by atoms with van der Waals surface area (Å²) in [6.07, 6.45) is 9.21. The third-order valence-corrected chi connectivity index (χ3v) is 8.78. The van der Waals surface area contributed by atoms with Gasteiger partial charge in [-0.2, -0.15) is 0 Å². The van der Waals surface area contributed by atoms with Gasteiger partial charge in [0.25, 0.3) is 5.91 Å². The van der Waals surface area contributed by atoms with Gasteiger partial charge in [-0.15, -0.1) is 0 Å². The fourth-order valence-electron chi connectivity index (χ4n) is 6.28. The molecule has 220 valence electrons. The number of benzene rings is 1. The Morgan fingerprint density at radius 3 is 2.49 bits per heavy atom. The van der Waals surface area contributed by atoms with Crippen molar-refractivity contribution in [2.75, 3.05) is 57.8 Å². The van der Waals surface area contributed by atoms with E-state index >= 15 is 0 Å². The molecule has 3 fully saturated rings. The van der Waals surface area contributed by atoms with Crippen molar-refractivity contribution in [2.24, 2.45) is 0 Å². The molecule has 11 heteroatoms. The number of rotatable bonds is 11. The van der Waals surface area contributed by atoms with Crippen molar-refractivity contribution in [1.82, 2.24) is 35.7 Å². The number of piperazine rings is 1. The molecule has 1 aromatic heterocycles. The summed E-state index contributed by atoms with van der Waals surface area (Å²) in [5, 5.41) is 12.8. The van der Waals surface area contributed by atoms with Gasteiger partial charge in [-0.3, -0.25) is 15.0 Å². The zero-order valence-electron chi connectivity index (χ0n) is 23.7. The van der Waals surface area contributed by atoms with Crippen LogP contribution in [0.25, 0.3) is 0 Å². The third kappa shape index (κ3) is 7.40. The summed E-state index contributed by atoms with van der Waals surface area (Å²) in [6.45, 7) is 6.49. The van der Waals surface area contributed by atoms with E-state index in [-0.39, 0.29) is 29.5 Å². The molecule has 3 saturated heterocycles. The first-order valence-electron chi connectivity index (χ1n) is 15.2. The number of carbonyl (C=O) groups excluding carboxylic acids is 2. The number of carbonyl (C=O) groups is 2. The Morgan fingerprint density at radius 2 is 1.78 bits per heavy atom. The Kier molecular flexibility index (Phi) is 9.05. The number of urea groups is 1. The first-order valence-corrected chi connectivity index (χ1v) is 15.2. The van der Waals surface area contributed by atoms with Gasteiger partial charge in [0.1, 0.15) is 0 Å². The smallest absolute Gasteiger partial charge is 0.323 e. The van der Waals surface area contributed by atoms with E-state index in [2.05, 4.69) is 48.3 Å². The van der Waals surface area contributed by atoms with Crippen molar-refractivity contribution < 1.29 is 14.3 Å². The molecule has 0 saturated carbocycles. The molecule has 2 aromatic rings. The van der Waals surface area contributed by atoms with Crippen molar-refractivity contribution in [2.45, 2.75) is 62.7 Å². The number of aromatic nitrogens is 2. The second-order valence-electron chi connectivity index (χ2n) is 11.7. The van der Waals surface area contributed by atoms with Gasteiger partial charge in [-0.05, 0) is 56.2 Å². The number of fused-ring (bicyclic) bond motifs is 1. The van der Waals surface area contributed by atoms with Crippen molar-refractivity contribution in [3.05, 3.63) is 53.5 Å². The van der Waals surface area contributed by atoms with Crippen LogP contribution in [0.4, 0.5) is 10.6 Å². The predicted octanol–water partition coefficient (Wildman–Crippen LogP) is 1.41. The molecule has 4 N–H and O–H groups in total. The van der Waals surface area contributed by atoms with E-state index < -0.39 is 0 Å². The predicted molar refractivity (Wildman–Crippen MR) is 156 cm³/mol. The fourth-order valence-corrected chi connectivity index (χ4v) is 6.28. The van der Waals surface area contributed by atoms with Crippen LogP contribution in [-0.4, -0.2) is 108 Å². The average molecular weight is 563 g/mol. The molecule has 3 aliphatic heterocycles. The van der Waals surface area contributed by atoms with Crippen molar-refractivity contribution in [1.29, 1.82) is 0 Å². The van der Waals surface area contributed by atoms with Gasteiger partial charge < -0.3 is 25.6 Å². The summed E-state index contributed by atoms with van der Waals surface area (Å²) in [4.78, 5) is 39.1. The minimum Gasteiger partial charge on any atom is -0.378 e. The van der Waals surface area contributed by atoms with Crippen LogP contribution in [-0.2, 0) is 17.6 Å². The molecule has 1 aromatic carbocycles. The molecule has 4 aliphatic rings. The van der Waals surface area contributed by atoms with Gasteiger partial charge in [0.15, 0.2) is 11.5 Å². The van der Waals surface area contributed by atoms with Crippen molar-refractivity contribution >= 4 is 17.8 Å². The Hall–Kier alpha value is -3.12. The summed E-state index contributed by atoms with van der Waals surface area (Å²) < 4.78 is 6.17. The van der Waals surface area contributed by atoms with E-state index in [1.165, 1.54) is 36.4 Å². The minimum atomic E-state index is -0.322. The lowest BCUT2D eigenvalue weighted by Gasteiger charge is -2.39. The van der Waals surface area contributed by atoms with Crippen LogP contribution < -0.4 is 21.3 Å². The van der Waals surface area contributed by atoms with Gasteiger partial charge in [-0.1, -0.05) is 24.3 Å². The molecule has 4 heterocycles. The van der Waals surface area contributed by atoms with Gasteiger partial charge in [0.05, 0.1) is 13.2 Å². The molecule has 3 unspecified atom stereocenters. The van der Waals surface area contributed by atoms with Crippen LogP contribution in [0.3, 0.4) is 0 Å². The molecular weight excluding hydrogens is 520 g/mol. The highest BCUT2D eigenvalue weighted by molar-refractivity contribution is 6.00. The van der Waals surface area contributed by atoms with E-state index in [9.17, 15) is 9.59 Å². The van der Waals surface area contributed by atoms with Crippen molar-refractivity contribution in [3.8, 4) is 0 Å². The topological polar surface area (TPSA) is 134 Å². The number of nitrogens with zero attached hydrogens (tertiary/aromatic N) is 4. The standard InChI is InChI=1S/C30H42N8O3/c39-29(35-25-16-21-4-1-2-5-22(21)17-25)27-28(33-11-10-32-27)36-30(40)38-14-12-37(13-15-38)26(8-7-23-18-34-23)20-41-19-24-6-3-9-31-24/h1-2,4-5,10-11,23-26,31,34H,3,6-9,12-20H2,(H,35,39)(H,33,36,40). The summed E-state index contributed by atoms with van der Waals surface area (Å²) >= 11 is 0. The average Bonchev–Trinajstić information content (AvgIpc) is 3.50. The van der Waals surface area contributed by atoms with Gasteiger partial charge in [0, 0.05) is 69.3 Å². The van der Waals surface area contributed by atoms with E-state index in [0.29, 0.717) is 31.2 Å². The number of amides is 3. The largest absolute Gasteiger partial charge is 0.378 e. The second kappa shape index (κ2) is 13.2. The quantitative estimate of drug-likeness (QED) is 0.302. The first-order chi connectivity index (χ1) is 20.1. The lowest BCUT2D eigenvalue weighted by Crippen LogP contribution is -2.54. The lowest BCUT2D eigenvalue weighted by molar-refractivity contribution is 0.0288. The molecule has 11 nitrogen and oxygen atoms in total. The van der Waals surface area contributed by atoms with Crippen LogP contribution in [0.2, 0.25) is 0 Å². The lowest BCUT2D eigenvalue weighted by atomic mass is 10.1. The van der Waals surface area contributed by atoms with Crippen LogP contribution in [0.1, 0.15) is 47.3 Å². The van der Waals surface area contributed by atoms with E-state index in [1.54, 1.807) is 4.90 Å². The fraction of sp³-hybridized carbons (Fsp3) is 0.600. The molecule has 0 radical (unpaired) electrons. The third-order valence-electron chi connectivity index (χ3n) is 8.78. The van der Waals surface area contributed by atoms with E-state index in [1.807, 2.05) is 12.1 Å². The molecule has 6 rings (SSSR count). The summed E-state index contributed by atoms with van der Waals surface area (Å²) in [5.41, 5.74) is 2.65. The number of hydrogen-bond donors (Lipinski definition) is 4. The number of ether oxygens (including phenoxy) is 1. The molecule has 3 amide bonds. The van der Waals surface area contributed by atoms with Gasteiger partial charge >= 0.3 is 6.03 Å². The van der Waals surface area contributed by atoms with Crippen molar-refractivity contribution in [3.63, 3.8) is 0 Å². The van der Waals surface area contributed by atoms with Crippen LogP contribution in [0.15, 0.2) is 36.7 Å². The normalized spacial score (nSPS) is 23.3. The van der Waals surface area contributed by atoms with Crippen LogP contribution in [0.5, 0.6) is 0 Å². The molecular formula is C30H42N8O3. The van der Waals surface area contributed by atoms with Gasteiger partial charge in [0.2, 0.25) is 0 Å². The summed E-state index contributed by atoms with van der Waals surface area (Å²) in [5.74, 6) is -0.131. The van der Waals surface area contributed by atoms with E-state index in [0.717, 1.165) is 65.1 Å². The Morgan fingerprint density at radius 1 is 1.02 bits per heavy atom. The minimum absolute atomic E-state index is 0.000540. The van der Waals surface area contributed by atoms with Gasteiger partial charge in [-0.25, -0.2) is 14.8 Å². The maximum absolute atomic E-state index is 13.2. The molecule has 0 bridgehead atoms. The Labute approximate surface area is 241 Å². The summed E-state index contributed by atoms with van der Waals surface area (Å²) in [7, 11) is 0. The second-order valence-corrected chi connectivity index (χ2v) is 11.7. The highest BCUT2D eigenvalue weighted by Crippen LogP contribution is 2.22. The maximum Gasteiger partial charge on any atom is 0.323 e. The number of hydrogen-bond acceptors (Lipinski definition) is 8. The highest BCUT2D eigenvalue weighted by Gasteiger charge is 2.30. The molecule has 0 spiro atoms. The number of nitrogens with one attached hydrogen (secondary N) is 4. The van der Waals surface area contributed by atoms with E-state index in [4.69, 9.17) is 4.74 Å². The maximum atomic E-state index is 13.2. The number of anilines is 1. The summed E-state index contributed by atoms with van der Waals surface area (Å²) in [6, 6.07) is 9.45.